The molecule has 5 rings (SSSR count). The molecular weight excluding hydrogens is 915 g/mol. The summed E-state index contributed by atoms with van der Waals surface area (Å²) in [6.07, 6.45) is 0. The first-order valence-electron chi connectivity index (χ1n) is 15.3. The average molecular weight is 940 g/mol. The zero-order valence-corrected chi connectivity index (χ0v) is 33.7. The summed E-state index contributed by atoms with van der Waals surface area (Å²) in [6, 6.07) is 13.9. The highest BCUT2D eigenvalue weighted by Crippen LogP contribution is 2.48. The molecule has 0 aromatic heterocycles. The first-order valence-corrected chi connectivity index (χ1v) is 22.9. The van der Waals surface area contributed by atoms with Crippen LogP contribution in [-0.4, -0.2) is 81.2 Å². The minimum absolute atomic E-state index is 0.0377. The molecule has 0 amide bonds. The van der Waals surface area contributed by atoms with Crippen LogP contribution >= 0.6 is 24.4 Å². The summed E-state index contributed by atoms with van der Waals surface area (Å²) in [5, 5.41) is 53.2. The number of nitrogens with one attached hydrogen (secondary N) is 1. The standard InChI is InChI=1S/C29H25N5O19S6/c35-28-19-9-10-22(30-15-57(40,41)42)26(33-31-16-4-6-17(7-5-16)56(38,39)13-12-49-55-53-51-37)21(19)14-24(54-52-50-36)27(28)34-32-23-11-8-18-20(29(23)59(46,47)48)2-1-3-25(18)58(43,44)45/h1-11,14,30,35-37H,12-13,15H2,(H,40,41,42)(H,43,44,45)(H,46,47,48)/b33-31+,34-32+. The minimum Gasteiger partial charge on any atom is -0.505 e. The molecule has 0 saturated carbocycles. The van der Waals surface area contributed by atoms with Crippen molar-refractivity contribution in [1.29, 1.82) is 0 Å². The summed E-state index contributed by atoms with van der Waals surface area (Å²) >= 11 is 0.415. The van der Waals surface area contributed by atoms with Crippen LogP contribution < -0.4 is 5.32 Å². The van der Waals surface area contributed by atoms with E-state index in [2.05, 4.69) is 44.5 Å². The van der Waals surface area contributed by atoms with E-state index in [4.69, 9.17) is 14.7 Å². The molecule has 0 atom stereocenters. The molecule has 0 aliphatic carbocycles. The van der Waals surface area contributed by atoms with E-state index in [-0.39, 0.29) is 79.4 Å². The van der Waals surface area contributed by atoms with E-state index < -0.39 is 78.7 Å². The quantitative estimate of drug-likeness (QED) is 0.0116. The highest BCUT2D eigenvalue weighted by molar-refractivity contribution is 7.94. The Balaban J connectivity index is 1.62. The lowest BCUT2D eigenvalue weighted by atomic mass is 10.1. The Bertz CT molecular complexity index is 2900. The highest BCUT2D eigenvalue weighted by atomic mass is 32.2. The largest absolute Gasteiger partial charge is 0.505 e. The minimum atomic E-state index is -5.18. The zero-order valence-electron chi connectivity index (χ0n) is 28.8. The fourth-order valence-corrected chi connectivity index (χ4v) is 8.93. The van der Waals surface area contributed by atoms with Gasteiger partial charge in [0.2, 0.25) is 0 Å². The van der Waals surface area contributed by atoms with E-state index in [1.54, 1.807) is 0 Å². The zero-order chi connectivity index (χ0) is 43.2. The normalized spacial score (nSPS) is 13.0. The van der Waals surface area contributed by atoms with Gasteiger partial charge in [-0.2, -0.15) is 30.4 Å². The molecule has 316 valence electrons. The Morgan fingerprint density at radius 1 is 0.678 bits per heavy atom. The number of phenolic OH excluding ortho intramolecular Hbond substituents is 1. The number of nitrogens with zero attached hydrogens (tertiary/aromatic N) is 4. The Morgan fingerprint density at radius 3 is 2.00 bits per heavy atom. The van der Waals surface area contributed by atoms with Gasteiger partial charge in [-0.3, -0.25) is 17.8 Å². The number of benzene rings is 5. The Labute approximate surface area is 340 Å². The molecule has 59 heavy (non-hydrogen) atoms. The maximum atomic E-state index is 12.7. The van der Waals surface area contributed by atoms with Gasteiger partial charge >= 0.3 is 0 Å². The van der Waals surface area contributed by atoms with Gasteiger partial charge in [0.15, 0.2) is 27.9 Å². The third-order valence-electron chi connectivity index (χ3n) is 7.55. The van der Waals surface area contributed by atoms with Gasteiger partial charge in [-0.25, -0.2) is 18.9 Å². The number of fused-ring (bicyclic) bond motifs is 2. The number of phenols is 1. The third-order valence-corrected chi connectivity index (χ3v) is 12.6. The van der Waals surface area contributed by atoms with E-state index in [0.29, 0.717) is 0 Å². The molecule has 0 fully saturated rings. The summed E-state index contributed by atoms with van der Waals surface area (Å²) in [6.45, 7) is -0.348. The molecule has 7 N–H and O–H groups in total. The first-order chi connectivity index (χ1) is 27.7. The summed E-state index contributed by atoms with van der Waals surface area (Å²) in [5.74, 6) is -2.24. The van der Waals surface area contributed by atoms with Gasteiger partial charge in [-0.05, 0) is 54.6 Å². The molecule has 0 unspecified atom stereocenters. The van der Waals surface area contributed by atoms with E-state index in [1.807, 2.05) is 0 Å². The van der Waals surface area contributed by atoms with Crippen molar-refractivity contribution in [3.63, 3.8) is 0 Å². The second kappa shape index (κ2) is 18.8. The number of sulfone groups is 1. The Morgan fingerprint density at radius 2 is 1.36 bits per heavy atom. The van der Waals surface area contributed by atoms with E-state index >= 15 is 0 Å². The Hall–Kier alpha value is -4.48. The molecule has 30 heteroatoms. The lowest BCUT2D eigenvalue weighted by Gasteiger charge is -2.14. The molecule has 0 saturated heterocycles. The van der Waals surface area contributed by atoms with Crippen molar-refractivity contribution >= 4 is 115 Å². The molecule has 0 aliphatic rings. The summed E-state index contributed by atoms with van der Waals surface area (Å²) in [4.78, 5) is -1.99. The number of anilines is 1. The molecular formula is C29H25N5O19S6. The number of azo groups is 2. The van der Waals surface area contributed by atoms with Crippen molar-refractivity contribution in [2.24, 2.45) is 20.5 Å². The second-order valence-corrected chi connectivity index (χ2v) is 18.8. The topological polar surface area (TPSA) is 366 Å². The van der Waals surface area contributed by atoms with Crippen LogP contribution in [0.25, 0.3) is 21.5 Å². The van der Waals surface area contributed by atoms with Gasteiger partial charge in [0.05, 0.1) is 45.6 Å². The van der Waals surface area contributed by atoms with Gasteiger partial charge in [-0.1, -0.05) is 28.3 Å². The van der Waals surface area contributed by atoms with Crippen LogP contribution in [-0.2, 0) is 63.1 Å². The molecule has 0 spiro atoms. The number of rotatable bonds is 19. The molecule has 5 aromatic rings. The molecule has 24 nitrogen and oxygen atoms in total. The lowest BCUT2D eigenvalue weighted by molar-refractivity contribution is -0.434. The smallest absolute Gasteiger partial charge is 0.297 e. The molecule has 5 aromatic carbocycles. The second-order valence-electron chi connectivity index (χ2n) is 11.2. The van der Waals surface area contributed by atoms with Gasteiger partial charge in [0.1, 0.15) is 32.7 Å². The highest BCUT2D eigenvalue weighted by Gasteiger charge is 2.25. The molecule has 0 radical (unpaired) electrons. The number of hydrogen-bond donors (Lipinski definition) is 7. The van der Waals surface area contributed by atoms with E-state index in [9.17, 15) is 52.4 Å². The maximum absolute atomic E-state index is 12.7. The molecule has 0 heterocycles. The monoisotopic (exact) mass is 939 g/mol. The van der Waals surface area contributed by atoms with Crippen molar-refractivity contribution in [2.45, 2.75) is 19.6 Å². The van der Waals surface area contributed by atoms with E-state index in [0.717, 1.165) is 30.3 Å². The van der Waals surface area contributed by atoms with Crippen molar-refractivity contribution in [1.82, 2.24) is 0 Å². The van der Waals surface area contributed by atoms with Gasteiger partial charge < -0.3 is 10.4 Å². The van der Waals surface area contributed by atoms with Crippen molar-refractivity contribution < 1.29 is 85.9 Å². The van der Waals surface area contributed by atoms with Crippen LogP contribution in [0.15, 0.2) is 113 Å². The van der Waals surface area contributed by atoms with Crippen LogP contribution in [0.3, 0.4) is 0 Å². The van der Waals surface area contributed by atoms with Crippen LogP contribution in [0.1, 0.15) is 0 Å². The van der Waals surface area contributed by atoms with Crippen LogP contribution in [0.5, 0.6) is 5.75 Å². The fourth-order valence-electron chi connectivity index (χ4n) is 5.16. The maximum Gasteiger partial charge on any atom is 0.297 e. The predicted molar refractivity (Wildman–Crippen MR) is 205 cm³/mol. The Kier molecular flexibility index (Phi) is 14.6. The van der Waals surface area contributed by atoms with Crippen molar-refractivity contribution in [3.05, 3.63) is 72.8 Å². The number of aromatic hydroxyl groups is 1. The van der Waals surface area contributed by atoms with Gasteiger partial charge in [0, 0.05) is 21.5 Å². The predicted octanol–water partition coefficient (Wildman–Crippen LogP) is 6.48. The van der Waals surface area contributed by atoms with Crippen molar-refractivity contribution in [3.8, 4) is 5.75 Å². The van der Waals surface area contributed by atoms with Crippen LogP contribution in [0, 0.1) is 0 Å². The van der Waals surface area contributed by atoms with Crippen LogP contribution in [0.4, 0.5) is 28.4 Å². The van der Waals surface area contributed by atoms with Gasteiger partial charge in [0.25, 0.3) is 30.4 Å². The summed E-state index contributed by atoms with van der Waals surface area (Å²) < 4.78 is 140. The average Bonchev–Trinajstić information content (AvgIpc) is 3.16. The summed E-state index contributed by atoms with van der Waals surface area (Å²) in [5.41, 5.74) is -1.28. The van der Waals surface area contributed by atoms with Gasteiger partial charge in [-0.15, -0.1) is 24.0 Å². The third kappa shape index (κ3) is 11.4. The van der Waals surface area contributed by atoms with Crippen molar-refractivity contribution in [2.75, 3.05) is 23.6 Å². The first kappa shape index (κ1) is 45.6. The molecule has 0 aliphatic heterocycles. The molecule has 0 bridgehead atoms. The number of hydrogen-bond acceptors (Lipinski definition) is 23. The van der Waals surface area contributed by atoms with E-state index in [1.165, 1.54) is 42.5 Å². The summed E-state index contributed by atoms with van der Waals surface area (Å²) in [7, 11) is -18.5. The lowest BCUT2D eigenvalue weighted by Crippen LogP contribution is -2.13. The van der Waals surface area contributed by atoms with Crippen LogP contribution in [0.2, 0.25) is 0 Å². The SMILES string of the molecule is O=S(=O)(O)CNc1ccc2c(O)c(/N=N/c3ccc4c(S(=O)(=O)O)cccc4c3S(=O)(=O)O)c(SOOO)cc2c1/N=N/c1ccc(S(=O)(=O)CCOSOOO)cc1. The fraction of sp³-hybridized carbons (Fsp3) is 0.103.